The van der Waals surface area contributed by atoms with Gasteiger partial charge in [-0.05, 0) is 73.1 Å². The van der Waals surface area contributed by atoms with Crippen LogP contribution in [0.1, 0.15) is 92.9 Å². The number of ether oxygens (including phenoxy) is 2. The van der Waals surface area contributed by atoms with Crippen LogP contribution in [0, 0.1) is 11.8 Å². The standard InChI is InChI=1S/C22H39NO5/c1-21(2,3)27-19(25)23(20(26)28-22(4,5)6)15-11-10-14-18(16-24)17-12-8-7-9-13-17/h16-18H,7-15H2,1-6H3. The molecule has 0 saturated heterocycles. The van der Waals surface area contributed by atoms with E-state index < -0.39 is 23.4 Å². The second-order valence-electron chi connectivity index (χ2n) is 9.81. The molecule has 0 radical (unpaired) electrons. The minimum atomic E-state index is -0.694. The number of imide groups is 1. The largest absolute Gasteiger partial charge is 0.443 e. The van der Waals surface area contributed by atoms with Gasteiger partial charge in [0.2, 0.25) is 0 Å². The molecule has 1 aliphatic carbocycles. The number of amides is 2. The van der Waals surface area contributed by atoms with Gasteiger partial charge in [0.05, 0.1) is 0 Å². The average molecular weight is 398 g/mol. The summed E-state index contributed by atoms with van der Waals surface area (Å²) in [4.78, 5) is 37.5. The molecule has 0 aromatic carbocycles. The Labute approximate surface area is 170 Å². The fourth-order valence-corrected chi connectivity index (χ4v) is 3.52. The zero-order valence-corrected chi connectivity index (χ0v) is 18.6. The molecular formula is C22H39NO5. The first-order valence-electron chi connectivity index (χ1n) is 10.6. The van der Waals surface area contributed by atoms with E-state index in [-0.39, 0.29) is 12.5 Å². The van der Waals surface area contributed by atoms with Crippen LogP contribution in [0.5, 0.6) is 0 Å². The molecule has 1 aliphatic rings. The summed E-state index contributed by atoms with van der Waals surface area (Å²) in [5, 5.41) is 0. The van der Waals surface area contributed by atoms with Crippen LogP contribution in [0.2, 0.25) is 0 Å². The van der Waals surface area contributed by atoms with Gasteiger partial charge in [0.15, 0.2) is 0 Å². The van der Waals surface area contributed by atoms with Crippen molar-refractivity contribution >= 4 is 18.5 Å². The first-order valence-corrected chi connectivity index (χ1v) is 10.6. The third kappa shape index (κ3) is 9.56. The molecule has 0 aliphatic heterocycles. The lowest BCUT2D eigenvalue weighted by atomic mass is 9.78. The van der Waals surface area contributed by atoms with Crippen molar-refractivity contribution in [3.05, 3.63) is 0 Å². The first kappa shape index (κ1) is 24.4. The van der Waals surface area contributed by atoms with Gasteiger partial charge >= 0.3 is 12.2 Å². The van der Waals surface area contributed by atoms with Gasteiger partial charge in [0.1, 0.15) is 17.5 Å². The van der Waals surface area contributed by atoms with E-state index in [9.17, 15) is 14.4 Å². The second kappa shape index (κ2) is 10.8. The maximum absolute atomic E-state index is 12.5. The molecule has 28 heavy (non-hydrogen) atoms. The SMILES string of the molecule is CC(C)(C)OC(=O)N(CCCCC(C=O)C1CCCCC1)C(=O)OC(C)(C)C. The van der Waals surface area contributed by atoms with E-state index >= 15 is 0 Å². The average Bonchev–Trinajstić information content (AvgIpc) is 2.55. The number of rotatable bonds is 7. The molecular weight excluding hydrogens is 358 g/mol. The van der Waals surface area contributed by atoms with Crippen molar-refractivity contribution in [2.24, 2.45) is 11.8 Å². The summed E-state index contributed by atoms with van der Waals surface area (Å²) in [5.41, 5.74) is -1.39. The molecule has 0 bridgehead atoms. The molecule has 1 fully saturated rings. The topological polar surface area (TPSA) is 72.9 Å². The Hall–Kier alpha value is -1.59. The van der Waals surface area contributed by atoms with E-state index in [1.54, 1.807) is 41.5 Å². The van der Waals surface area contributed by atoms with E-state index in [0.717, 1.165) is 36.9 Å². The van der Waals surface area contributed by atoms with Gasteiger partial charge in [-0.25, -0.2) is 14.5 Å². The molecule has 1 atom stereocenters. The van der Waals surface area contributed by atoms with Gasteiger partial charge in [-0.3, -0.25) is 0 Å². The third-order valence-corrected chi connectivity index (χ3v) is 4.83. The summed E-state index contributed by atoms with van der Waals surface area (Å²) < 4.78 is 10.7. The second-order valence-corrected chi connectivity index (χ2v) is 9.81. The Kier molecular flexibility index (Phi) is 9.45. The quantitative estimate of drug-likeness (QED) is 0.405. The Morgan fingerprint density at radius 2 is 1.43 bits per heavy atom. The van der Waals surface area contributed by atoms with Crippen LogP contribution in [0.15, 0.2) is 0 Å². The van der Waals surface area contributed by atoms with Gasteiger partial charge in [-0.1, -0.05) is 25.7 Å². The normalized spacial score (nSPS) is 16.9. The van der Waals surface area contributed by atoms with Crippen molar-refractivity contribution in [3.8, 4) is 0 Å². The molecule has 0 heterocycles. The van der Waals surface area contributed by atoms with Crippen LogP contribution in [0.25, 0.3) is 0 Å². The number of hydrogen-bond acceptors (Lipinski definition) is 5. The Bertz CT molecular complexity index is 484. The van der Waals surface area contributed by atoms with Crippen molar-refractivity contribution in [1.82, 2.24) is 4.90 Å². The number of aldehydes is 1. The highest BCUT2D eigenvalue weighted by molar-refractivity contribution is 5.88. The number of unbranched alkanes of at least 4 members (excludes halogenated alkanes) is 1. The van der Waals surface area contributed by atoms with Crippen molar-refractivity contribution in [3.63, 3.8) is 0 Å². The minimum absolute atomic E-state index is 0.0804. The molecule has 2 amide bonds. The van der Waals surface area contributed by atoms with Gasteiger partial charge in [0.25, 0.3) is 0 Å². The van der Waals surface area contributed by atoms with Gasteiger partial charge < -0.3 is 14.3 Å². The predicted octanol–water partition coefficient (Wildman–Crippen LogP) is 5.72. The summed E-state index contributed by atoms with van der Waals surface area (Å²) in [7, 11) is 0. The lowest BCUT2D eigenvalue weighted by molar-refractivity contribution is -0.113. The monoisotopic (exact) mass is 397 g/mol. The van der Waals surface area contributed by atoms with Crippen LogP contribution < -0.4 is 0 Å². The minimum Gasteiger partial charge on any atom is -0.443 e. The van der Waals surface area contributed by atoms with E-state index in [1.807, 2.05) is 0 Å². The molecule has 0 aromatic rings. The number of hydrogen-bond donors (Lipinski definition) is 0. The summed E-state index contributed by atoms with van der Waals surface area (Å²) in [6.07, 6.45) is 7.85. The molecule has 0 aromatic heterocycles. The summed E-state index contributed by atoms with van der Waals surface area (Å²) >= 11 is 0. The van der Waals surface area contributed by atoms with Gasteiger partial charge in [0, 0.05) is 12.5 Å². The predicted molar refractivity (Wildman–Crippen MR) is 109 cm³/mol. The summed E-state index contributed by atoms with van der Waals surface area (Å²) in [6, 6.07) is 0. The molecule has 6 nitrogen and oxygen atoms in total. The van der Waals surface area contributed by atoms with Crippen molar-refractivity contribution < 1.29 is 23.9 Å². The van der Waals surface area contributed by atoms with Crippen LogP contribution in [0.3, 0.4) is 0 Å². The van der Waals surface area contributed by atoms with E-state index in [1.165, 1.54) is 19.3 Å². The fourth-order valence-electron chi connectivity index (χ4n) is 3.52. The number of carbonyl (C=O) groups excluding carboxylic acids is 3. The van der Waals surface area contributed by atoms with Gasteiger partial charge in [-0.2, -0.15) is 0 Å². The number of carbonyl (C=O) groups is 3. The van der Waals surface area contributed by atoms with Crippen LogP contribution in [-0.2, 0) is 14.3 Å². The van der Waals surface area contributed by atoms with Crippen molar-refractivity contribution in [2.45, 2.75) is 104 Å². The Balaban J connectivity index is 2.60. The zero-order chi connectivity index (χ0) is 21.4. The van der Waals surface area contributed by atoms with E-state index in [4.69, 9.17) is 9.47 Å². The highest BCUT2D eigenvalue weighted by Gasteiger charge is 2.31. The molecule has 1 rings (SSSR count). The molecule has 162 valence electrons. The summed E-state index contributed by atoms with van der Waals surface area (Å²) in [6.45, 7) is 10.8. The van der Waals surface area contributed by atoms with Crippen molar-refractivity contribution in [1.29, 1.82) is 0 Å². The summed E-state index contributed by atoms with van der Waals surface area (Å²) in [5.74, 6) is 0.566. The Morgan fingerprint density at radius 3 is 1.86 bits per heavy atom. The Morgan fingerprint density at radius 1 is 0.929 bits per heavy atom. The van der Waals surface area contributed by atoms with Gasteiger partial charge in [-0.15, -0.1) is 0 Å². The smallest absolute Gasteiger partial charge is 0.419 e. The molecule has 6 heteroatoms. The molecule has 0 N–H and O–H groups in total. The van der Waals surface area contributed by atoms with Crippen LogP contribution in [0.4, 0.5) is 9.59 Å². The lowest BCUT2D eigenvalue weighted by Crippen LogP contribution is -2.44. The molecule has 0 spiro atoms. The maximum atomic E-state index is 12.5. The fraction of sp³-hybridized carbons (Fsp3) is 0.864. The van der Waals surface area contributed by atoms with Crippen LogP contribution in [-0.4, -0.2) is 41.1 Å². The first-order chi connectivity index (χ1) is 12.9. The lowest BCUT2D eigenvalue weighted by Gasteiger charge is -2.29. The highest BCUT2D eigenvalue weighted by atomic mass is 16.6. The maximum Gasteiger partial charge on any atom is 0.419 e. The molecule has 1 unspecified atom stereocenters. The third-order valence-electron chi connectivity index (χ3n) is 4.83. The highest BCUT2D eigenvalue weighted by Crippen LogP contribution is 2.31. The van der Waals surface area contributed by atoms with Crippen molar-refractivity contribution in [2.75, 3.05) is 6.54 Å². The zero-order valence-electron chi connectivity index (χ0n) is 18.6. The van der Waals surface area contributed by atoms with Crippen LogP contribution >= 0.6 is 0 Å². The number of nitrogens with zero attached hydrogens (tertiary/aromatic N) is 1. The molecule has 1 saturated carbocycles. The van der Waals surface area contributed by atoms with E-state index in [0.29, 0.717) is 12.3 Å². The van der Waals surface area contributed by atoms with E-state index in [2.05, 4.69) is 0 Å².